The quantitative estimate of drug-likeness (QED) is 0.666. The molecule has 1 aliphatic rings. The number of carbonyl (C=O) groups excluding carboxylic acids is 1. The van der Waals surface area contributed by atoms with Crippen LogP contribution in [0.4, 0.5) is 22.4 Å². The van der Waals surface area contributed by atoms with E-state index < -0.39 is 23.7 Å². The van der Waals surface area contributed by atoms with Crippen molar-refractivity contribution in [3.05, 3.63) is 58.6 Å². The number of hydrogen-bond donors (Lipinski definition) is 0. The van der Waals surface area contributed by atoms with Crippen molar-refractivity contribution in [1.82, 2.24) is 14.8 Å². The minimum atomic E-state index is -4.48. The number of rotatable bonds is 3. The zero-order valence-corrected chi connectivity index (χ0v) is 16.2. The van der Waals surface area contributed by atoms with Gasteiger partial charge in [0.25, 0.3) is 0 Å². The van der Waals surface area contributed by atoms with Gasteiger partial charge in [-0.3, -0.25) is 9.88 Å². The summed E-state index contributed by atoms with van der Waals surface area (Å²) in [6.07, 6.45) is -2.93. The molecule has 0 bridgehead atoms. The van der Waals surface area contributed by atoms with Crippen molar-refractivity contribution >= 4 is 17.7 Å². The number of aromatic nitrogens is 1. The first-order chi connectivity index (χ1) is 13.6. The normalized spacial score (nSPS) is 18.0. The molecule has 1 unspecified atom stereocenters. The Morgan fingerprint density at radius 1 is 1.28 bits per heavy atom. The number of pyridine rings is 1. The third-order valence-corrected chi connectivity index (χ3v) is 4.83. The summed E-state index contributed by atoms with van der Waals surface area (Å²) in [6.45, 7) is 2.77. The molecule has 0 aliphatic carbocycles. The Morgan fingerprint density at radius 2 is 2.03 bits per heavy atom. The number of alkyl halides is 3. The maximum absolute atomic E-state index is 13.3. The fourth-order valence-corrected chi connectivity index (χ4v) is 3.46. The van der Waals surface area contributed by atoms with Crippen LogP contribution in [0.5, 0.6) is 5.75 Å². The monoisotopic (exact) mass is 431 g/mol. The molecule has 1 atom stereocenters. The van der Waals surface area contributed by atoms with Crippen molar-refractivity contribution in [3.8, 4) is 5.75 Å². The van der Waals surface area contributed by atoms with Crippen LogP contribution in [0.1, 0.15) is 18.1 Å². The van der Waals surface area contributed by atoms with Gasteiger partial charge in [-0.1, -0.05) is 11.6 Å². The average molecular weight is 432 g/mol. The molecule has 1 aliphatic heterocycles. The first-order valence-electron chi connectivity index (χ1n) is 8.80. The number of benzene rings is 1. The number of amides is 1. The summed E-state index contributed by atoms with van der Waals surface area (Å²) in [6, 6.07) is 4.23. The number of carbonyl (C=O) groups is 1. The highest BCUT2D eigenvalue weighted by Gasteiger charge is 2.35. The molecule has 0 saturated carbocycles. The Morgan fingerprint density at radius 3 is 2.69 bits per heavy atom. The molecule has 5 nitrogen and oxygen atoms in total. The first kappa shape index (κ1) is 21.3. The summed E-state index contributed by atoms with van der Waals surface area (Å²) in [7, 11) is 0. The van der Waals surface area contributed by atoms with E-state index in [1.165, 1.54) is 23.2 Å². The molecule has 1 fully saturated rings. The van der Waals surface area contributed by atoms with E-state index in [4.69, 9.17) is 16.3 Å². The van der Waals surface area contributed by atoms with Crippen molar-refractivity contribution < 1.29 is 27.1 Å². The second-order valence-electron chi connectivity index (χ2n) is 6.78. The van der Waals surface area contributed by atoms with Gasteiger partial charge < -0.3 is 9.64 Å². The largest absolute Gasteiger partial charge is 0.416 e. The molecule has 10 heteroatoms. The summed E-state index contributed by atoms with van der Waals surface area (Å²) in [5.41, 5.74) is -0.644. The minimum Gasteiger partial charge on any atom is -0.408 e. The highest BCUT2D eigenvalue weighted by atomic mass is 35.5. The molecule has 29 heavy (non-hydrogen) atoms. The predicted octanol–water partition coefficient (Wildman–Crippen LogP) is 4.60. The number of halogens is 5. The molecule has 1 aromatic heterocycles. The smallest absolute Gasteiger partial charge is 0.408 e. The maximum atomic E-state index is 13.3. The second kappa shape index (κ2) is 8.54. The summed E-state index contributed by atoms with van der Waals surface area (Å²) >= 11 is 5.88. The SMILES string of the molecule is CC1CN(Cc2cc(Cl)ccc2C(F)(F)F)CCN1C(=O)Oc1cncc(F)c1. The van der Waals surface area contributed by atoms with E-state index in [1.54, 1.807) is 6.92 Å². The van der Waals surface area contributed by atoms with Crippen LogP contribution in [-0.4, -0.2) is 46.6 Å². The lowest BCUT2D eigenvalue weighted by Crippen LogP contribution is -2.54. The van der Waals surface area contributed by atoms with Crippen molar-refractivity contribution in [2.75, 3.05) is 19.6 Å². The average Bonchev–Trinajstić information content (AvgIpc) is 2.60. The van der Waals surface area contributed by atoms with Gasteiger partial charge >= 0.3 is 12.3 Å². The van der Waals surface area contributed by atoms with Crippen LogP contribution in [0.15, 0.2) is 36.7 Å². The molecule has 1 aromatic carbocycles. The van der Waals surface area contributed by atoms with E-state index in [-0.39, 0.29) is 35.5 Å². The molecule has 0 radical (unpaired) electrons. The first-order valence-corrected chi connectivity index (χ1v) is 9.18. The Kier molecular flexibility index (Phi) is 6.28. The van der Waals surface area contributed by atoms with Gasteiger partial charge in [0.1, 0.15) is 5.82 Å². The standard InChI is InChI=1S/C19H18ClF4N3O2/c1-12-10-26(11-13-6-14(20)2-3-17(13)19(22,23)24)4-5-27(12)18(28)29-16-7-15(21)8-25-9-16/h2-3,6-9,12H,4-5,10-11H2,1H3. The molecule has 1 saturated heterocycles. The van der Waals surface area contributed by atoms with Crippen molar-refractivity contribution in [2.24, 2.45) is 0 Å². The van der Waals surface area contributed by atoms with Crippen LogP contribution in [0.25, 0.3) is 0 Å². The highest BCUT2D eigenvalue weighted by molar-refractivity contribution is 6.30. The number of piperazine rings is 1. The van der Waals surface area contributed by atoms with Gasteiger partial charge in [-0.25, -0.2) is 9.18 Å². The molecular formula is C19H18ClF4N3O2. The van der Waals surface area contributed by atoms with Gasteiger partial charge in [0.2, 0.25) is 0 Å². The Hall–Kier alpha value is -2.39. The fraction of sp³-hybridized carbons (Fsp3) is 0.368. The van der Waals surface area contributed by atoms with Crippen LogP contribution < -0.4 is 4.74 Å². The lowest BCUT2D eigenvalue weighted by molar-refractivity contribution is -0.138. The molecule has 1 amide bonds. The Balaban J connectivity index is 1.65. The van der Waals surface area contributed by atoms with Gasteiger partial charge in [0, 0.05) is 43.3 Å². The topological polar surface area (TPSA) is 45.7 Å². The number of hydrogen-bond acceptors (Lipinski definition) is 4. The minimum absolute atomic E-state index is 0.0154. The van der Waals surface area contributed by atoms with E-state index in [1.807, 2.05) is 4.90 Å². The van der Waals surface area contributed by atoms with Gasteiger partial charge in [0.05, 0.1) is 18.0 Å². The van der Waals surface area contributed by atoms with Gasteiger partial charge in [-0.2, -0.15) is 13.2 Å². The van der Waals surface area contributed by atoms with Gasteiger partial charge in [-0.05, 0) is 30.7 Å². The summed E-state index contributed by atoms with van der Waals surface area (Å²) in [4.78, 5) is 19.2. The third-order valence-electron chi connectivity index (χ3n) is 4.60. The zero-order chi connectivity index (χ0) is 21.2. The second-order valence-corrected chi connectivity index (χ2v) is 7.22. The summed E-state index contributed by atoms with van der Waals surface area (Å²) < 4.78 is 58.1. The Labute approximate surface area is 169 Å². The van der Waals surface area contributed by atoms with E-state index in [9.17, 15) is 22.4 Å². The van der Waals surface area contributed by atoms with E-state index in [2.05, 4.69) is 4.98 Å². The van der Waals surface area contributed by atoms with Crippen molar-refractivity contribution in [2.45, 2.75) is 25.7 Å². The fourth-order valence-electron chi connectivity index (χ4n) is 3.27. The van der Waals surface area contributed by atoms with E-state index in [0.717, 1.165) is 18.3 Å². The lowest BCUT2D eigenvalue weighted by Gasteiger charge is -2.39. The molecule has 3 rings (SSSR count). The van der Waals surface area contributed by atoms with Crippen LogP contribution in [0.3, 0.4) is 0 Å². The Bertz CT molecular complexity index is 894. The molecule has 156 valence electrons. The molecule has 2 heterocycles. The van der Waals surface area contributed by atoms with Gasteiger partial charge in [0.15, 0.2) is 5.75 Å². The molecular weight excluding hydrogens is 414 g/mol. The summed E-state index contributed by atoms with van der Waals surface area (Å²) in [5.74, 6) is -0.645. The number of ether oxygens (including phenoxy) is 1. The predicted molar refractivity (Wildman–Crippen MR) is 98.1 cm³/mol. The van der Waals surface area contributed by atoms with Crippen LogP contribution in [0, 0.1) is 5.82 Å². The van der Waals surface area contributed by atoms with Crippen molar-refractivity contribution in [3.63, 3.8) is 0 Å². The molecule has 0 spiro atoms. The summed E-state index contributed by atoms with van der Waals surface area (Å²) in [5, 5.41) is 0.229. The molecule has 0 N–H and O–H groups in total. The zero-order valence-electron chi connectivity index (χ0n) is 15.4. The third kappa shape index (κ3) is 5.36. The van der Waals surface area contributed by atoms with Gasteiger partial charge in [-0.15, -0.1) is 0 Å². The van der Waals surface area contributed by atoms with Crippen LogP contribution >= 0.6 is 11.6 Å². The number of nitrogens with zero attached hydrogens (tertiary/aromatic N) is 3. The van der Waals surface area contributed by atoms with Crippen LogP contribution in [0.2, 0.25) is 5.02 Å². The highest BCUT2D eigenvalue weighted by Crippen LogP contribution is 2.34. The van der Waals surface area contributed by atoms with E-state index in [0.29, 0.717) is 13.1 Å². The van der Waals surface area contributed by atoms with Crippen LogP contribution in [-0.2, 0) is 12.7 Å². The molecule has 2 aromatic rings. The maximum Gasteiger partial charge on any atom is 0.416 e. The van der Waals surface area contributed by atoms with Crippen molar-refractivity contribution in [1.29, 1.82) is 0 Å². The lowest BCUT2D eigenvalue weighted by atomic mass is 10.1. The van der Waals surface area contributed by atoms with E-state index >= 15 is 0 Å².